The van der Waals surface area contributed by atoms with Crippen molar-refractivity contribution in [1.82, 2.24) is 0 Å². The molecule has 50 heavy (non-hydrogen) atoms. The Hall–Kier alpha value is -4.16. The summed E-state index contributed by atoms with van der Waals surface area (Å²) in [5.41, 5.74) is -0.552. The Kier molecular flexibility index (Phi) is 9.64. The average Bonchev–Trinajstić information content (AvgIpc) is 3.07. The largest absolute Gasteiger partial charge is 0.445 e. The third-order valence-corrected chi connectivity index (χ3v) is 8.30. The topological polar surface area (TPSA) is 145 Å². The van der Waals surface area contributed by atoms with Crippen LogP contribution in [0.5, 0.6) is 0 Å². The van der Waals surface area contributed by atoms with Crippen molar-refractivity contribution in [3.8, 4) is 11.1 Å². The molecule has 0 heterocycles. The van der Waals surface area contributed by atoms with Crippen LogP contribution in [0.25, 0.3) is 11.1 Å². The monoisotopic (exact) mass is 792 g/mol. The second kappa shape index (κ2) is 13.5. The Morgan fingerprint density at radius 2 is 0.760 bits per heavy atom. The Morgan fingerprint density at radius 3 is 1.06 bits per heavy atom. The first-order chi connectivity index (χ1) is 23.6. The molecule has 4 aromatic rings. The van der Waals surface area contributed by atoms with Crippen LogP contribution in [0, 0.1) is 0 Å². The van der Waals surface area contributed by atoms with Crippen LogP contribution in [0.3, 0.4) is 0 Å². The lowest BCUT2D eigenvalue weighted by Gasteiger charge is -2.26. The van der Waals surface area contributed by atoms with Crippen LogP contribution < -0.4 is 10.6 Å². The van der Waals surface area contributed by atoms with Crippen LogP contribution in [0.1, 0.15) is 63.7 Å². The summed E-state index contributed by atoms with van der Waals surface area (Å²) < 4.78 is 6.10. The molecule has 10 nitrogen and oxygen atoms in total. The van der Waals surface area contributed by atoms with E-state index in [1.165, 1.54) is 48.5 Å². The molecule has 0 aliphatic heterocycles. The van der Waals surface area contributed by atoms with E-state index >= 15 is 0 Å². The van der Waals surface area contributed by atoms with Gasteiger partial charge in [-0.15, -0.1) is 0 Å². The Balaban J connectivity index is 1.54. The van der Waals surface area contributed by atoms with Crippen molar-refractivity contribution < 1.29 is 38.2 Å². The first-order valence-electron chi connectivity index (χ1n) is 14.3. The van der Waals surface area contributed by atoms with Gasteiger partial charge in [0.05, 0.1) is 22.5 Å². The maximum absolute atomic E-state index is 14.2. The number of rotatable bonds is 5. The van der Waals surface area contributed by atoms with E-state index in [1.807, 2.05) is 0 Å². The van der Waals surface area contributed by atoms with Crippen molar-refractivity contribution in [1.29, 1.82) is 0 Å². The lowest BCUT2D eigenvalue weighted by atomic mass is 9.75. The second-order valence-electron chi connectivity index (χ2n) is 10.9. The van der Waals surface area contributed by atoms with Gasteiger partial charge in [-0.05, 0) is 23.3 Å². The minimum atomic E-state index is -1.92. The van der Waals surface area contributed by atoms with Gasteiger partial charge in [0, 0.05) is 33.4 Å². The Morgan fingerprint density at radius 1 is 0.460 bits per heavy atom. The van der Waals surface area contributed by atoms with Gasteiger partial charge in [-0.1, -0.05) is 130 Å². The number of alkyl halides is 6. The van der Waals surface area contributed by atoms with Gasteiger partial charge in [-0.3, -0.25) is 29.8 Å². The van der Waals surface area contributed by atoms with E-state index in [2.05, 4.69) is 10.6 Å². The Labute approximate surface area is 312 Å². The van der Waals surface area contributed by atoms with Crippen LogP contribution in [0.2, 0.25) is 0 Å². The molecule has 0 aromatic heterocycles. The van der Waals surface area contributed by atoms with Crippen molar-refractivity contribution in [2.45, 2.75) is 7.59 Å². The molecule has 2 aliphatic carbocycles. The molecule has 4 aromatic carbocycles. The van der Waals surface area contributed by atoms with Crippen molar-refractivity contribution in [2.75, 3.05) is 23.8 Å². The van der Waals surface area contributed by atoms with Gasteiger partial charge in [0.15, 0.2) is 23.1 Å². The highest BCUT2D eigenvalue weighted by atomic mass is 35.6. The highest BCUT2D eigenvalue weighted by Crippen LogP contribution is 2.44. The van der Waals surface area contributed by atoms with E-state index in [0.29, 0.717) is 0 Å². The molecule has 6 rings (SSSR count). The van der Waals surface area contributed by atoms with Gasteiger partial charge >= 0.3 is 12.2 Å². The summed E-state index contributed by atoms with van der Waals surface area (Å²) in [5.74, 6) is -2.45. The molecule has 0 spiro atoms. The highest BCUT2D eigenvalue weighted by Gasteiger charge is 2.39. The molecule has 0 atom stereocenters. The minimum Gasteiger partial charge on any atom is -0.445 e. The first-order valence-corrected chi connectivity index (χ1v) is 16.5. The lowest BCUT2D eigenvalue weighted by molar-refractivity contribution is 0.0978. The van der Waals surface area contributed by atoms with E-state index in [4.69, 9.17) is 79.1 Å². The predicted octanol–water partition coefficient (Wildman–Crippen LogP) is 8.74. The van der Waals surface area contributed by atoms with E-state index < -0.39 is 56.1 Å². The van der Waals surface area contributed by atoms with Gasteiger partial charge < -0.3 is 9.47 Å². The smallest absolute Gasteiger partial charge is 0.411 e. The fourth-order valence-corrected chi connectivity index (χ4v) is 6.02. The number of carbonyl (C=O) groups is 6. The first kappa shape index (κ1) is 35.7. The minimum absolute atomic E-state index is 0.0648. The van der Waals surface area contributed by atoms with Crippen molar-refractivity contribution in [3.63, 3.8) is 0 Å². The number of halogens is 6. The summed E-state index contributed by atoms with van der Waals surface area (Å²) in [4.78, 5) is 81.8. The summed E-state index contributed by atoms with van der Waals surface area (Å²) in [6, 6.07) is 17.6. The van der Waals surface area contributed by atoms with Gasteiger partial charge in [0.2, 0.25) is 7.59 Å². The molecule has 0 fully saturated rings. The number of ether oxygens (including phenoxy) is 2. The van der Waals surface area contributed by atoms with Gasteiger partial charge in [0.1, 0.15) is 13.2 Å². The van der Waals surface area contributed by atoms with Gasteiger partial charge in [-0.25, -0.2) is 9.59 Å². The summed E-state index contributed by atoms with van der Waals surface area (Å²) in [6.07, 6.45) is -2.17. The summed E-state index contributed by atoms with van der Waals surface area (Å²) >= 11 is 34.2. The van der Waals surface area contributed by atoms with E-state index in [9.17, 15) is 28.8 Å². The zero-order chi connectivity index (χ0) is 36.1. The number of benzene rings is 4. The average molecular weight is 795 g/mol. The standard InChI is InChI=1S/C34H18Cl6N2O8/c35-33(36,37)13-49-31(47)41-21-11-9-15(23-25(21)29(45)19-7-3-1-5-17(19)27(23)43)16-10-12-22(42-32(48)50-14-34(38,39)40)26-24(16)28(44)18-6-2-4-8-20(18)30(26)46/h1-12H,13-14H2,(H,41,47)(H,42,48). The van der Waals surface area contributed by atoms with Gasteiger partial charge in [0.25, 0.3) is 0 Å². The van der Waals surface area contributed by atoms with Crippen molar-refractivity contribution in [2.24, 2.45) is 0 Å². The third kappa shape index (κ3) is 6.92. The van der Waals surface area contributed by atoms with Crippen LogP contribution in [-0.2, 0) is 9.47 Å². The molecule has 0 saturated carbocycles. The van der Waals surface area contributed by atoms with Crippen LogP contribution in [-0.4, -0.2) is 56.1 Å². The summed E-state index contributed by atoms with van der Waals surface area (Å²) in [5, 5.41) is 4.85. The molecule has 16 heteroatoms. The molecule has 2 aliphatic rings. The number of amides is 2. The molecule has 0 radical (unpaired) electrons. The molecule has 0 bridgehead atoms. The Bertz CT molecular complexity index is 2020. The molecular formula is C34H18Cl6N2O8. The highest BCUT2D eigenvalue weighted by molar-refractivity contribution is 6.68. The predicted molar refractivity (Wildman–Crippen MR) is 189 cm³/mol. The van der Waals surface area contributed by atoms with Gasteiger partial charge in [-0.2, -0.15) is 0 Å². The second-order valence-corrected chi connectivity index (χ2v) is 15.9. The number of fused-ring (bicyclic) bond motifs is 4. The lowest BCUT2D eigenvalue weighted by Crippen LogP contribution is -2.28. The molecular weight excluding hydrogens is 777 g/mol. The van der Waals surface area contributed by atoms with E-state index in [0.717, 1.165) is 0 Å². The zero-order valence-corrected chi connectivity index (χ0v) is 29.4. The van der Waals surface area contributed by atoms with Crippen LogP contribution in [0.15, 0.2) is 72.8 Å². The zero-order valence-electron chi connectivity index (χ0n) is 24.9. The fraction of sp³-hybridized carbons (Fsp3) is 0.118. The van der Waals surface area contributed by atoms with Crippen molar-refractivity contribution in [3.05, 3.63) is 117 Å². The maximum atomic E-state index is 14.2. The summed E-state index contributed by atoms with van der Waals surface area (Å²) in [7, 11) is 0. The fourth-order valence-electron chi connectivity index (χ4n) is 5.69. The third-order valence-electron chi connectivity index (χ3n) is 7.65. The maximum Gasteiger partial charge on any atom is 0.411 e. The quantitative estimate of drug-likeness (QED) is 0.165. The molecule has 0 saturated heterocycles. The number of anilines is 2. The molecule has 0 unspecified atom stereocenters. The van der Waals surface area contributed by atoms with Crippen LogP contribution in [0.4, 0.5) is 21.0 Å². The summed E-state index contributed by atoms with van der Waals surface area (Å²) in [6.45, 7) is -1.25. The molecule has 2 amide bonds. The number of nitrogens with one attached hydrogen (secondary N) is 2. The number of hydrogen-bond donors (Lipinski definition) is 2. The normalized spacial score (nSPS) is 13.5. The number of carbonyl (C=O) groups excluding carboxylic acids is 6. The number of ketones is 4. The molecule has 254 valence electrons. The van der Waals surface area contributed by atoms with E-state index in [-0.39, 0.29) is 67.0 Å². The van der Waals surface area contributed by atoms with E-state index in [1.54, 1.807) is 24.3 Å². The molecule has 2 N–H and O–H groups in total. The SMILES string of the molecule is O=C(Nc1ccc(-c2ccc(NC(=O)OCC(Cl)(Cl)Cl)c3c2C(=O)c2ccccc2C3=O)c2c1C(=O)c1ccccc1C2=O)OCC(Cl)(Cl)Cl. The van der Waals surface area contributed by atoms with Crippen molar-refractivity contribution >= 4 is 116 Å². The van der Waals surface area contributed by atoms with Crippen LogP contribution >= 0.6 is 69.6 Å². The number of hydrogen-bond acceptors (Lipinski definition) is 8.